The molecule has 21 heavy (non-hydrogen) atoms. The number of hydrogen-bond donors (Lipinski definition) is 0. The van der Waals surface area contributed by atoms with Gasteiger partial charge in [0.25, 0.3) is 10.0 Å². The highest BCUT2D eigenvalue weighted by Crippen LogP contribution is 2.26. The van der Waals surface area contributed by atoms with Crippen LogP contribution in [0, 0.1) is 19.8 Å². The van der Waals surface area contributed by atoms with Crippen LogP contribution in [0.15, 0.2) is 19.9 Å². The number of rotatable bonds is 5. The number of allylic oxidation sites excluding steroid dienone is 2. The van der Waals surface area contributed by atoms with Crippen LogP contribution in [0.1, 0.15) is 38.6 Å². The Labute approximate surface area is 135 Å². The third-order valence-corrected chi connectivity index (χ3v) is 6.60. The van der Waals surface area contributed by atoms with Crippen molar-refractivity contribution in [2.75, 3.05) is 7.05 Å². The molecule has 7 heteroatoms. The fraction of sp³-hybridized carbons (Fsp3) is 0.571. The number of aryl methyl sites for hydroxylation is 1. The molecule has 0 spiro atoms. The Balaban J connectivity index is 3.61. The van der Waals surface area contributed by atoms with Gasteiger partial charge >= 0.3 is 0 Å². The van der Waals surface area contributed by atoms with E-state index in [0.717, 1.165) is 16.1 Å². The second-order valence-electron chi connectivity index (χ2n) is 5.08. The second kappa shape index (κ2) is 6.87. The molecule has 0 aliphatic rings. The van der Waals surface area contributed by atoms with Crippen molar-refractivity contribution >= 4 is 32.2 Å². The molecule has 1 heterocycles. The molecule has 0 saturated heterocycles. The summed E-state index contributed by atoms with van der Waals surface area (Å²) in [6.07, 6.45) is 2.27. The number of halogens is 1. The lowest BCUT2D eigenvalue weighted by atomic mass is 10.00. The Bertz CT molecular complexity index is 687. The number of nitrogens with zero attached hydrogens (tertiary/aromatic N) is 3. The van der Waals surface area contributed by atoms with Crippen molar-refractivity contribution in [3.8, 4) is 0 Å². The summed E-state index contributed by atoms with van der Waals surface area (Å²) < 4.78 is 27.6. The van der Waals surface area contributed by atoms with Gasteiger partial charge in [-0.2, -0.15) is 17.6 Å². The van der Waals surface area contributed by atoms with E-state index in [1.54, 1.807) is 20.9 Å². The molecule has 0 N–H and O–H groups in total. The molecule has 0 aliphatic heterocycles. The van der Waals surface area contributed by atoms with Crippen molar-refractivity contribution in [1.29, 1.82) is 0 Å². The van der Waals surface area contributed by atoms with Crippen LogP contribution in [0.5, 0.6) is 0 Å². The van der Waals surface area contributed by atoms with Gasteiger partial charge < -0.3 is 0 Å². The molecule has 0 fully saturated rings. The highest BCUT2D eigenvalue weighted by atomic mass is 79.9. The molecule has 0 bridgehead atoms. The Kier molecular flexibility index (Phi) is 5.92. The van der Waals surface area contributed by atoms with Gasteiger partial charge in [-0.25, -0.2) is 0 Å². The van der Waals surface area contributed by atoms with Crippen LogP contribution in [-0.2, 0) is 10.0 Å². The minimum atomic E-state index is -3.74. The first-order valence-electron chi connectivity index (χ1n) is 6.78. The average molecular weight is 376 g/mol. The Hall–Kier alpha value is -0.950. The number of aliphatic imine (C=N–C) groups is 1. The summed E-state index contributed by atoms with van der Waals surface area (Å²) in [5, 5.41) is 4.14. The van der Waals surface area contributed by atoms with E-state index in [1.807, 2.05) is 20.8 Å². The molecule has 5 nitrogen and oxygen atoms in total. The van der Waals surface area contributed by atoms with Gasteiger partial charge in [-0.05, 0) is 54.6 Å². The quantitative estimate of drug-likeness (QED) is 0.740. The van der Waals surface area contributed by atoms with Gasteiger partial charge in [0.1, 0.15) is 4.91 Å². The van der Waals surface area contributed by atoms with Crippen molar-refractivity contribution in [2.24, 2.45) is 10.9 Å². The summed E-state index contributed by atoms with van der Waals surface area (Å²) in [4.78, 5) is 4.13. The monoisotopic (exact) mass is 375 g/mol. The smallest absolute Gasteiger partial charge is 0.284 e. The van der Waals surface area contributed by atoms with Crippen molar-refractivity contribution in [2.45, 2.75) is 41.0 Å². The molecule has 0 amide bonds. The first-order chi connectivity index (χ1) is 9.68. The van der Waals surface area contributed by atoms with Gasteiger partial charge in [0.2, 0.25) is 0 Å². The molecule has 1 unspecified atom stereocenters. The van der Waals surface area contributed by atoms with Crippen LogP contribution in [0.4, 0.5) is 0 Å². The molecular weight excluding hydrogens is 354 g/mol. The largest absolute Gasteiger partial charge is 0.295 e. The van der Waals surface area contributed by atoms with Crippen molar-refractivity contribution in [1.82, 2.24) is 9.19 Å². The molecule has 0 aliphatic carbocycles. The summed E-state index contributed by atoms with van der Waals surface area (Å²) in [5.41, 5.74) is 2.00. The maximum Gasteiger partial charge on any atom is 0.284 e. The lowest BCUT2D eigenvalue weighted by Crippen LogP contribution is -2.21. The van der Waals surface area contributed by atoms with E-state index in [9.17, 15) is 8.42 Å². The molecule has 1 aromatic rings. The third-order valence-electron chi connectivity index (χ3n) is 3.66. The van der Waals surface area contributed by atoms with E-state index in [2.05, 4.69) is 26.0 Å². The molecule has 0 saturated carbocycles. The predicted octanol–water partition coefficient (Wildman–Crippen LogP) is 3.46. The first kappa shape index (κ1) is 18.1. The fourth-order valence-corrected chi connectivity index (χ4v) is 4.05. The Morgan fingerprint density at radius 1 is 1.48 bits per heavy atom. The molecule has 1 aromatic heterocycles. The van der Waals surface area contributed by atoms with Gasteiger partial charge in [-0.3, -0.25) is 4.99 Å². The molecule has 1 atom stereocenters. The summed E-state index contributed by atoms with van der Waals surface area (Å²) >= 11 is 3.36. The highest BCUT2D eigenvalue weighted by molar-refractivity contribution is 9.10. The van der Waals surface area contributed by atoms with E-state index < -0.39 is 10.0 Å². The van der Waals surface area contributed by atoms with Crippen molar-refractivity contribution in [3.63, 3.8) is 0 Å². The molecule has 0 aromatic carbocycles. The SMILES string of the molecule is CCC(C)/C(C)=C(\C=NC)S(=O)(=O)n1nc(C)c(Br)c1C. The minimum absolute atomic E-state index is 0.160. The van der Waals surface area contributed by atoms with Crippen LogP contribution < -0.4 is 0 Å². The molecule has 0 radical (unpaired) electrons. The van der Waals surface area contributed by atoms with Gasteiger partial charge in [0.05, 0.1) is 15.9 Å². The van der Waals surface area contributed by atoms with E-state index >= 15 is 0 Å². The van der Waals surface area contributed by atoms with E-state index in [4.69, 9.17) is 0 Å². The van der Waals surface area contributed by atoms with Crippen LogP contribution in [0.25, 0.3) is 0 Å². The predicted molar refractivity (Wildman–Crippen MR) is 90.3 cm³/mol. The van der Waals surface area contributed by atoms with Crippen LogP contribution in [0.2, 0.25) is 0 Å². The average Bonchev–Trinajstić information content (AvgIpc) is 2.71. The number of hydrogen-bond acceptors (Lipinski definition) is 4. The lowest BCUT2D eigenvalue weighted by molar-refractivity contribution is 0.583. The normalized spacial score (nSPS) is 15.4. The minimum Gasteiger partial charge on any atom is -0.295 e. The first-order valence-corrected chi connectivity index (χ1v) is 9.01. The fourth-order valence-electron chi connectivity index (χ4n) is 1.97. The summed E-state index contributed by atoms with van der Waals surface area (Å²) in [6.45, 7) is 9.36. The molecule has 1 rings (SSSR count). The summed E-state index contributed by atoms with van der Waals surface area (Å²) in [7, 11) is -2.18. The van der Waals surface area contributed by atoms with Crippen LogP contribution in [-0.4, -0.2) is 30.9 Å². The second-order valence-corrected chi connectivity index (χ2v) is 7.61. The van der Waals surface area contributed by atoms with Gasteiger partial charge in [-0.1, -0.05) is 13.8 Å². The zero-order valence-corrected chi connectivity index (χ0v) is 15.7. The summed E-state index contributed by atoms with van der Waals surface area (Å²) in [6, 6.07) is 0. The summed E-state index contributed by atoms with van der Waals surface area (Å²) in [5.74, 6) is 0.160. The molecular formula is C14H22BrN3O2S. The van der Waals surface area contributed by atoms with E-state index in [1.165, 1.54) is 6.21 Å². The third kappa shape index (κ3) is 3.45. The van der Waals surface area contributed by atoms with Crippen LogP contribution >= 0.6 is 15.9 Å². The topological polar surface area (TPSA) is 64.3 Å². The zero-order valence-electron chi connectivity index (χ0n) is 13.3. The zero-order chi connectivity index (χ0) is 16.4. The Morgan fingerprint density at radius 2 is 2.05 bits per heavy atom. The van der Waals surface area contributed by atoms with Gasteiger partial charge in [0.15, 0.2) is 0 Å². The van der Waals surface area contributed by atoms with Crippen molar-refractivity contribution < 1.29 is 8.42 Å². The van der Waals surface area contributed by atoms with Crippen molar-refractivity contribution in [3.05, 3.63) is 26.3 Å². The van der Waals surface area contributed by atoms with Gasteiger partial charge in [-0.15, -0.1) is 0 Å². The molecule has 118 valence electrons. The standard InChI is InChI=1S/C14H22BrN3O2S/c1-7-9(2)10(3)13(8-16-6)21(19,20)18-12(5)14(15)11(4)17-18/h8-9H,7H2,1-6H3/b13-10+,16-8?. The Morgan fingerprint density at radius 3 is 2.43 bits per heavy atom. The number of aromatic nitrogens is 2. The van der Waals surface area contributed by atoms with E-state index in [-0.39, 0.29) is 10.8 Å². The van der Waals surface area contributed by atoms with E-state index in [0.29, 0.717) is 15.9 Å². The maximum absolute atomic E-state index is 12.9. The highest BCUT2D eigenvalue weighted by Gasteiger charge is 2.27. The van der Waals surface area contributed by atoms with Gasteiger partial charge in [0, 0.05) is 13.3 Å². The van der Waals surface area contributed by atoms with Crippen LogP contribution in [0.3, 0.4) is 0 Å². The lowest BCUT2D eigenvalue weighted by Gasteiger charge is -2.15. The maximum atomic E-state index is 12.9.